The molecule has 0 radical (unpaired) electrons. The zero-order valence-electron chi connectivity index (χ0n) is 52.9. The summed E-state index contributed by atoms with van der Waals surface area (Å²) in [5.74, 6) is -0.448. The number of anilines is 5. The average molecular weight is 1200 g/mol. The zero-order valence-corrected chi connectivity index (χ0v) is 52.9. The molecule has 0 aliphatic heterocycles. The van der Waals surface area contributed by atoms with Crippen LogP contribution in [0.5, 0.6) is 0 Å². The van der Waals surface area contributed by atoms with Crippen molar-refractivity contribution in [3.05, 3.63) is 285 Å². The summed E-state index contributed by atoms with van der Waals surface area (Å²) in [6.45, 7) is 25.0. The molecular weight excluding hydrogens is 1110 g/mol. The molecule has 9 heteroatoms. The van der Waals surface area contributed by atoms with E-state index in [0.717, 1.165) is 129 Å². The Morgan fingerprint density at radius 3 is 1.22 bits per heavy atom. The second kappa shape index (κ2) is 30.9. The van der Waals surface area contributed by atoms with Crippen molar-refractivity contribution < 1.29 is 33.4 Å². The van der Waals surface area contributed by atoms with E-state index in [-0.39, 0.29) is 62.4 Å². The maximum absolute atomic E-state index is 13.1. The smallest absolute Gasteiger partial charge is 0.306 e. The third-order valence-corrected chi connectivity index (χ3v) is 17.1. The Labute approximate surface area is 532 Å². The number of allylic oxidation sites excluding steroid dienone is 3. The van der Waals surface area contributed by atoms with Crippen LogP contribution >= 0.6 is 0 Å². The molecular formula is C81H82N2O7. The van der Waals surface area contributed by atoms with Gasteiger partial charge in [0.1, 0.15) is 26.1 Å². The van der Waals surface area contributed by atoms with Crippen LogP contribution in [0.1, 0.15) is 117 Å². The minimum atomic E-state index is -0.247. The Morgan fingerprint density at radius 1 is 0.456 bits per heavy atom. The highest BCUT2D eigenvalue weighted by Crippen LogP contribution is 2.42. The highest BCUT2D eigenvalue weighted by atomic mass is 16.5. The topological polar surface area (TPSA) is 102 Å². The first kappa shape index (κ1) is 64.6. The molecule has 1 aliphatic rings. The number of aldehydes is 1. The molecule has 1 aliphatic carbocycles. The van der Waals surface area contributed by atoms with Crippen LogP contribution in [0.2, 0.25) is 0 Å². The highest BCUT2D eigenvalue weighted by Gasteiger charge is 2.25. The van der Waals surface area contributed by atoms with Gasteiger partial charge in [0.05, 0.1) is 0 Å². The molecule has 8 aromatic rings. The average Bonchev–Trinajstić information content (AvgIpc) is 1.62. The third-order valence-electron chi connectivity index (χ3n) is 17.1. The monoisotopic (exact) mass is 1190 g/mol. The first-order chi connectivity index (χ1) is 43.6. The number of nitrogens with zero attached hydrogens (tertiary/aromatic N) is 2. The van der Waals surface area contributed by atoms with Gasteiger partial charge in [-0.2, -0.15) is 0 Å². The van der Waals surface area contributed by atoms with E-state index in [0.29, 0.717) is 38.5 Å². The lowest BCUT2D eigenvalue weighted by Gasteiger charge is -2.33. The molecule has 0 heterocycles. The van der Waals surface area contributed by atoms with Gasteiger partial charge in [-0.1, -0.05) is 160 Å². The molecule has 9 rings (SSSR count). The summed E-state index contributed by atoms with van der Waals surface area (Å²) in [4.78, 5) is 55.1. The molecule has 2 unspecified atom stereocenters. The summed E-state index contributed by atoms with van der Waals surface area (Å²) in [7, 11) is 0. The van der Waals surface area contributed by atoms with E-state index in [4.69, 9.17) is 14.2 Å². The molecule has 0 spiro atoms. The number of carbonyl (C=O) groups excluding carboxylic acids is 4. The van der Waals surface area contributed by atoms with Crippen LogP contribution in [0, 0.1) is 46.5 Å². The van der Waals surface area contributed by atoms with Crippen LogP contribution in [0.3, 0.4) is 0 Å². The predicted octanol–water partition coefficient (Wildman–Crippen LogP) is 19.1. The molecule has 8 aromatic carbocycles. The minimum absolute atomic E-state index is 0.123. The van der Waals surface area contributed by atoms with Crippen LogP contribution < -0.4 is 9.80 Å². The van der Waals surface area contributed by atoms with Gasteiger partial charge in [0.15, 0.2) is 0 Å². The SMILES string of the molecule is C=Cc1ccc(COC(=O)CCc2ccc(N(C3=CC(C)C(CCC(=O)OCc4ccc(C=C)cc4)C=C3)c3ccc(-c4ccc(N(c5ccc(CCC=O)c(C)c5)c5ccc(CCC(=O)OCc6ccc(C=C)cc6)c(C)c5)c(C)c4)cc3C)cc2C)cc1. The van der Waals surface area contributed by atoms with Crippen LogP contribution in [-0.4, -0.2) is 24.2 Å². The maximum Gasteiger partial charge on any atom is 0.306 e. The Hall–Kier alpha value is -9.86. The van der Waals surface area contributed by atoms with Gasteiger partial charge in [0.25, 0.3) is 0 Å². The molecule has 0 aromatic heterocycles. The molecule has 0 bridgehead atoms. The maximum atomic E-state index is 13.1. The van der Waals surface area contributed by atoms with Gasteiger partial charge >= 0.3 is 17.9 Å². The lowest BCUT2D eigenvalue weighted by molar-refractivity contribution is -0.146. The Bertz CT molecular complexity index is 3960. The Kier molecular flexibility index (Phi) is 22.2. The van der Waals surface area contributed by atoms with E-state index in [1.807, 2.05) is 72.8 Å². The van der Waals surface area contributed by atoms with Crippen LogP contribution in [0.15, 0.2) is 207 Å². The lowest BCUT2D eigenvalue weighted by atomic mass is 9.85. The number of ether oxygens (including phenoxy) is 3. The zero-order chi connectivity index (χ0) is 63.7. The molecule has 0 saturated heterocycles. The van der Waals surface area contributed by atoms with Gasteiger partial charge in [-0.15, -0.1) is 0 Å². The molecule has 0 amide bonds. The van der Waals surface area contributed by atoms with Crippen molar-refractivity contribution in [1.29, 1.82) is 0 Å². The van der Waals surface area contributed by atoms with Crippen molar-refractivity contribution in [2.24, 2.45) is 11.8 Å². The van der Waals surface area contributed by atoms with Gasteiger partial charge in [0.2, 0.25) is 0 Å². The summed E-state index contributed by atoms with van der Waals surface area (Å²) in [6, 6.07) is 56.2. The van der Waals surface area contributed by atoms with Crippen molar-refractivity contribution in [3.8, 4) is 11.1 Å². The van der Waals surface area contributed by atoms with Crippen LogP contribution in [0.25, 0.3) is 29.4 Å². The van der Waals surface area contributed by atoms with Gasteiger partial charge in [-0.25, -0.2) is 0 Å². The standard InChI is InChI=1S/C81H82N2O7/c1-10-61-15-21-64(22-16-61)52-88-79(85)42-33-68-28-37-74(49-56(68)5)82(73-36-27-67(14-13-45-84)55(4)48-73)77-40-31-71(46-59(77)8)72-32-41-78(60(9)47-72)83(75-38-29-69(57(6)50-75)34-43-80(86)89-53-65-23-17-62(11-2)18-24-65)76-39-30-70(58(7)51-76)35-44-81(87)90-54-66-25-19-63(12-3)20-26-66/h10-12,15-32,36-41,45-51,57,69H,1-3,13-14,33-35,42-44,52-54H2,4-9H3. The fourth-order valence-electron chi connectivity index (χ4n) is 11.6. The molecule has 90 heavy (non-hydrogen) atoms. The fourth-order valence-corrected chi connectivity index (χ4v) is 11.6. The van der Waals surface area contributed by atoms with E-state index in [1.54, 1.807) is 18.2 Å². The van der Waals surface area contributed by atoms with Crippen LogP contribution in [0.4, 0.5) is 28.4 Å². The normalized spacial score (nSPS) is 13.4. The molecule has 0 saturated carbocycles. The predicted molar refractivity (Wildman–Crippen MR) is 368 cm³/mol. The lowest BCUT2D eigenvalue weighted by Crippen LogP contribution is -2.22. The van der Waals surface area contributed by atoms with Crippen molar-refractivity contribution >= 4 is 70.9 Å². The molecule has 0 fully saturated rings. The first-order valence-electron chi connectivity index (χ1n) is 31.1. The minimum Gasteiger partial charge on any atom is -0.461 e. The molecule has 9 nitrogen and oxygen atoms in total. The quantitative estimate of drug-likeness (QED) is 0.0269. The fraction of sp³-hybridized carbons (Fsp3) is 0.235. The third kappa shape index (κ3) is 16.8. The van der Waals surface area contributed by atoms with E-state index >= 15 is 0 Å². The number of carbonyl (C=O) groups is 4. The number of rotatable bonds is 28. The van der Waals surface area contributed by atoms with E-state index < -0.39 is 0 Å². The number of hydrogen-bond donors (Lipinski definition) is 0. The highest BCUT2D eigenvalue weighted by molar-refractivity contribution is 5.83. The van der Waals surface area contributed by atoms with Gasteiger partial charge < -0.3 is 28.8 Å². The first-order valence-corrected chi connectivity index (χ1v) is 31.1. The number of esters is 3. The number of aryl methyl sites for hydroxylation is 8. The Balaban J connectivity index is 0.958. The van der Waals surface area contributed by atoms with Gasteiger partial charge in [-0.3, -0.25) is 14.4 Å². The molecule has 2 atom stereocenters. The summed E-state index contributed by atoms with van der Waals surface area (Å²) < 4.78 is 17.0. The number of hydrogen-bond acceptors (Lipinski definition) is 9. The van der Waals surface area contributed by atoms with Crippen molar-refractivity contribution in [2.75, 3.05) is 9.80 Å². The van der Waals surface area contributed by atoms with Gasteiger partial charge in [-0.05, 0) is 228 Å². The molecule has 458 valence electrons. The second-order valence-electron chi connectivity index (χ2n) is 23.5. The number of benzene rings is 8. The van der Waals surface area contributed by atoms with Crippen molar-refractivity contribution in [2.45, 2.75) is 113 Å². The van der Waals surface area contributed by atoms with E-state index in [2.05, 4.69) is 180 Å². The van der Waals surface area contributed by atoms with Crippen molar-refractivity contribution in [3.63, 3.8) is 0 Å². The summed E-state index contributed by atoms with van der Waals surface area (Å²) in [6.07, 6.45) is 16.8. The molecule has 0 N–H and O–H groups in total. The summed E-state index contributed by atoms with van der Waals surface area (Å²) in [5, 5.41) is 0. The summed E-state index contributed by atoms with van der Waals surface area (Å²) in [5.41, 5.74) is 22.7. The van der Waals surface area contributed by atoms with Gasteiger partial charge in [0, 0.05) is 59.8 Å². The largest absolute Gasteiger partial charge is 0.461 e. The Morgan fingerprint density at radius 2 is 0.844 bits per heavy atom. The van der Waals surface area contributed by atoms with E-state index in [9.17, 15) is 19.2 Å². The van der Waals surface area contributed by atoms with E-state index in [1.165, 1.54) is 0 Å². The van der Waals surface area contributed by atoms with Crippen molar-refractivity contribution in [1.82, 2.24) is 0 Å². The van der Waals surface area contributed by atoms with Crippen LogP contribution in [-0.2, 0) is 72.5 Å². The second-order valence-corrected chi connectivity index (χ2v) is 23.5. The summed E-state index contributed by atoms with van der Waals surface area (Å²) >= 11 is 0.